The van der Waals surface area contributed by atoms with Crippen LogP contribution in [0.4, 0.5) is 10.5 Å². The molecule has 2 heterocycles. The Morgan fingerprint density at radius 1 is 1.13 bits per heavy atom. The molecule has 3 aliphatic rings. The Labute approximate surface area is 177 Å². The zero-order valence-corrected chi connectivity index (χ0v) is 17.8. The van der Waals surface area contributed by atoms with Gasteiger partial charge in [0.2, 0.25) is 0 Å². The van der Waals surface area contributed by atoms with Crippen molar-refractivity contribution in [3.63, 3.8) is 0 Å². The van der Waals surface area contributed by atoms with Crippen LogP contribution in [0.25, 0.3) is 0 Å². The molecule has 5 heteroatoms. The molecule has 158 valence electrons. The van der Waals surface area contributed by atoms with Gasteiger partial charge in [-0.25, -0.2) is 4.79 Å². The summed E-state index contributed by atoms with van der Waals surface area (Å²) < 4.78 is 18.8. The number of hydrogen-bond acceptors (Lipinski definition) is 4. The average molecular weight is 408 g/mol. The minimum atomic E-state index is -0.421. The number of rotatable bonds is 3. The maximum atomic E-state index is 12.4. The molecular weight excluding hydrogens is 378 g/mol. The van der Waals surface area contributed by atoms with E-state index in [-0.39, 0.29) is 23.0 Å². The Bertz CT molecular complexity index is 947. The highest BCUT2D eigenvalue weighted by Gasteiger charge is 2.64. The third kappa shape index (κ3) is 2.90. The van der Waals surface area contributed by atoms with E-state index in [0.717, 1.165) is 23.4 Å². The third-order valence-corrected chi connectivity index (χ3v) is 7.76. The van der Waals surface area contributed by atoms with E-state index >= 15 is 0 Å². The van der Waals surface area contributed by atoms with Crippen LogP contribution in [0.2, 0.25) is 0 Å². The van der Waals surface area contributed by atoms with Crippen molar-refractivity contribution in [1.29, 1.82) is 0 Å². The molecule has 1 saturated carbocycles. The molecule has 0 unspecified atom stereocenters. The molecule has 5 nitrogen and oxygen atoms in total. The zero-order chi connectivity index (χ0) is 20.9. The van der Waals surface area contributed by atoms with Gasteiger partial charge in [0, 0.05) is 22.6 Å². The molecule has 2 aliphatic heterocycles. The second kappa shape index (κ2) is 7.02. The van der Waals surface area contributed by atoms with Gasteiger partial charge in [-0.2, -0.15) is 0 Å². The largest absolute Gasteiger partial charge is 0.487 e. The minimum absolute atomic E-state index is 0.0220. The summed E-state index contributed by atoms with van der Waals surface area (Å²) in [6, 6.07) is 17.6. The number of benzene rings is 2. The van der Waals surface area contributed by atoms with Gasteiger partial charge in [0.25, 0.3) is 0 Å². The van der Waals surface area contributed by atoms with Crippen LogP contribution in [0.3, 0.4) is 0 Å². The molecule has 5 rings (SSSR count). The van der Waals surface area contributed by atoms with E-state index in [1.165, 1.54) is 0 Å². The van der Waals surface area contributed by atoms with Crippen LogP contribution in [0.5, 0.6) is 5.75 Å². The highest BCUT2D eigenvalue weighted by atomic mass is 16.6. The van der Waals surface area contributed by atoms with Gasteiger partial charge in [-0.1, -0.05) is 50.2 Å². The SMILES string of the molecule is C[C@H]1C[C@@]2(C)Oc3ccccc3[C@@H]3OC[C@]1(COC(=O)Nc1ccccc1)[C@@H](C)[C@@H]32. The molecule has 2 bridgehead atoms. The number of amides is 1. The quantitative estimate of drug-likeness (QED) is 0.736. The predicted molar refractivity (Wildman–Crippen MR) is 114 cm³/mol. The summed E-state index contributed by atoms with van der Waals surface area (Å²) in [4.78, 5) is 12.4. The maximum absolute atomic E-state index is 12.4. The first-order valence-electron chi connectivity index (χ1n) is 10.8. The molecule has 1 aliphatic carbocycles. The number of ether oxygens (including phenoxy) is 3. The van der Waals surface area contributed by atoms with Crippen LogP contribution < -0.4 is 10.1 Å². The van der Waals surface area contributed by atoms with E-state index in [1.54, 1.807) is 0 Å². The second-order valence-corrected chi connectivity index (χ2v) is 9.40. The average Bonchev–Trinajstić information content (AvgIpc) is 2.73. The van der Waals surface area contributed by atoms with Gasteiger partial charge in [-0.15, -0.1) is 0 Å². The van der Waals surface area contributed by atoms with E-state index in [9.17, 15) is 4.79 Å². The molecule has 2 aromatic carbocycles. The van der Waals surface area contributed by atoms with Crippen molar-refractivity contribution >= 4 is 11.8 Å². The second-order valence-electron chi connectivity index (χ2n) is 9.40. The number of anilines is 1. The van der Waals surface area contributed by atoms with Gasteiger partial charge in [0.1, 0.15) is 18.0 Å². The number of nitrogens with one attached hydrogen (secondary N) is 1. The molecule has 0 spiro atoms. The number of hydrogen-bond donors (Lipinski definition) is 1. The third-order valence-electron chi connectivity index (χ3n) is 7.76. The van der Waals surface area contributed by atoms with Gasteiger partial charge < -0.3 is 14.2 Å². The topological polar surface area (TPSA) is 56.8 Å². The lowest BCUT2D eigenvalue weighted by Crippen LogP contribution is -2.66. The Morgan fingerprint density at radius 3 is 2.67 bits per heavy atom. The summed E-state index contributed by atoms with van der Waals surface area (Å²) >= 11 is 0. The maximum Gasteiger partial charge on any atom is 0.411 e. The Kier molecular flexibility index (Phi) is 4.55. The molecular formula is C25H29NO4. The fourth-order valence-corrected chi connectivity index (χ4v) is 6.13. The van der Waals surface area contributed by atoms with E-state index in [1.807, 2.05) is 48.5 Å². The van der Waals surface area contributed by atoms with Crippen molar-refractivity contribution in [3.05, 3.63) is 60.2 Å². The lowest BCUT2D eigenvalue weighted by atomic mass is 9.50. The lowest BCUT2D eigenvalue weighted by Gasteiger charge is -2.63. The van der Waals surface area contributed by atoms with Crippen LogP contribution >= 0.6 is 0 Å². The fraction of sp³-hybridized carbons (Fsp3) is 0.480. The van der Waals surface area contributed by atoms with Crippen molar-refractivity contribution in [2.45, 2.75) is 38.9 Å². The summed E-state index contributed by atoms with van der Waals surface area (Å²) in [5, 5.41) is 2.82. The number of carbonyl (C=O) groups is 1. The van der Waals surface area contributed by atoms with Crippen LogP contribution in [0.1, 0.15) is 38.9 Å². The van der Waals surface area contributed by atoms with E-state index in [4.69, 9.17) is 14.2 Å². The van der Waals surface area contributed by atoms with Crippen molar-refractivity contribution in [2.75, 3.05) is 18.5 Å². The molecule has 1 N–H and O–H groups in total. The minimum Gasteiger partial charge on any atom is -0.487 e. The van der Waals surface area contributed by atoms with E-state index < -0.39 is 6.09 Å². The molecule has 2 fully saturated rings. The number of fused-ring (bicyclic) bond motifs is 3. The molecule has 1 amide bonds. The Hall–Kier alpha value is -2.53. The Morgan fingerprint density at radius 2 is 1.87 bits per heavy atom. The van der Waals surface area contributed by atoms with Gasteiger partial charge in [-0.05, 0) is 43.4 Å². The van der Waals surface area contributed by atoms with Crippen LogP contribution in [-0.2, 0) is 9.47 Å². The summed E-state index contributed by atoms with van der Waals surface area (Å²) in [7, 11) is 0. The summed E-state index contributed by atoms with van der Waals surface area (Å²) in [6.07, 6.45) is 0.518. The van der Waals surface area contributed by atoms with Crippen LogP contribution in [-0.4, -0.2) is 24.9 Å². The first kappa shape index (κ1) is 19.4. The summed E-state index contributed by atoms with van der Waals surface area (Å²) in [5.74, 6) is 1.75. The van der Waals surface area contributed by atoms with E-state index in [2.05, 4.69) is 32.2 Å². The molecule has 0 aromatic heterocycles. The summed E-state index contributed by atoms with van der Waals surface area (Å²) in [6.45, 7) is 7.66. The number of carbonyl (C=O) groups excluding carboxylic acids is 1. The molecule has 30 heavy (non-hydrogen) atoms. The first-order chi connectivity index (χ1) is 14.4. The highest BCUT2D eigenvalue weighted by Crippen LogP contribution is 2.63. The van der Waals surface area contributed by atoms with Crippen molar-refractivity contribution < 1.29 is 19.0 Å². The standard InChI is InChI=1S/C25H29NO4/c1-16-13-24(3)21-17(2)25(16,15-29-23(27)26-18-9-5-4-6-10-18)14-28-22(21)19-11-7-8-12-20(19)30-24/h4-12,16-17,21-22H,13-15H2,1-3H3,(H,26,27)/t16-,17-,21-,22-,24+,25+/m0/s1. The van der Waals surface area contributed by atoms with Gasteiger partial charge in [-0.3, -0.25) is 5.32 Å². The van der Waals surface area contributed by atoms with Crippen LogP contribution in [0.15, 0.2) is 54.6 Å². The fourth-order valence-electron chi connectivity index (χ4n) is 6.13. The van der Waals surface area contributed by atoms with Crippen molar-refractivity contribution in [2.24, 2.45) is 23.2 Å². The lowest BCUT2D eigenvalue weighted by molar-refractivity contribution is -0.259. The predicted octanol–water partition coefficient (Wildman–Crippen LogP) is 5.44. The normalized spacial score (nSPS) is 36.2. The van der Waals surface area contributed by atoms with Crippen molar-refractivity contribution in [1.82, 2.24) is 0 Å². The monoisotopic (exact) mass is 407 g/mol. The van der Waals surface area contributed by atoms with Gasteiger partial charge >= 0.3 is 6.09 Å². The molecule has 2 aromatic rings. The van der Waals surface area contributed by atoms with Crippen LogP contribution in [0, 0.1) is 23.2 Å². The Balaban J connectivity index is 1.38. The van der Waals surface area contributed by atoms with E-state index in [0.29, 0.717) is 25.0 Å². The highest BCUT2D eigenvalue weighted by molar-refractivity contribution is 5.84. The van der Waals surface area contributed by atoms with Gasteiger partial charge in [0.05, 0.1) is 12.7 Å². The molecule has 0 radical (unpaired) electrons. The first-order valence-corrected chi connectivity index (χ1v) is 10.8. The zero-order valence-electron chi connectivity index (χ0n) is 17.8. The van der Waals surface area contributed by atoms with Crippen molar-refractivity contribution in [3.8, 4) is 5.75 Å². The molecule has 1 saturated heterocycles. The summed E-state index contributed by atoms with van der Waals surface area (Å²) in [5.41, 5.74) is 1.37. The smallest absolute Gasteiger partial charge is 0.411 e. The number of para-hydroxylation sites is 2. The molecule has 6 atom stereocenters. The van der Waals surface area contributed by atoms with Gasteiger partial charge in [0.15, 0.2) is 0 Å².